The molecule has 1 aromatic rings. The second kappa shape index (κ2) is 12.5. The minimum absolute atomic E-state index is 0.154. The van der Waals surface area contributed by atoms with Crippen molar-refractivity contribution in [1.82, 2.24) is 0 Å². The molecule has 1 unspecified atom stereocenters. The maximum Gasteiger partial charge on any atom is 0.119 e. The molecule has 2 heteroatoms. The van der Waals surface area contributed by atoms with Gasteiger partial charge in [0.25, 0.3) is 0 Å². The van der Waals surface area contributed by atoms with Crippen molar-refractivity contribution >= 4 is 0 Å². The first-order valence-electron chi connectivity index (χ1n) is 9.16. The maximum absolute atomic E-state index is 9.88. The highest BCUT2D eigenvalue weighted by Crippen LogP contribution is 2.16. The Morgan fingerprint density at radius 3 is 2.23 bits per heavy atom. The summed E-state index contributed by atoms with van der Waals surface area (Å²) in [6.07, 6.45) is 11.2. The summed E-state index contributed by atoms with van der Waals surface area (Å²) in [6, 6.07) is 8.36. The van der Waals surface area contributed by atoms with Crippen LogP contribution in [0.15, 0.2) is 24.3 Å². The zero-order valence-electron chi connectivity index (χ0n) is 14.5. The summed E-state index contributed by atoms with van der Waals surface area (Å²) >= 11 is 0. The third-order valence-electron chi connectivity index (χ3n) is 4.10. The lowest BCUT2D eigenvalue weighted by atomic mass is 10.0. The predicted octanol–water partition coefficient (Wildman–Crippen LogP) is 5.52. The van der Waals surface area contributed by atoms with Crippen LogP contribution in [0.25, 0.3) is 0 Å². The number of unbranched alkanes of at least 4 members (excludes halogenated alkanes) is 5. The Morgan fingerprint density at radius 2 is 1.55 bits per heavy atom. The molecule has 0 radical (unpaired) electrons. The number of benzene rings is 1. The van der Waals surface area contributed by atoms with Crippen molar-refractivity contribution in [1.29, 1.82) is 0 Å². The van der Waals surface area contributed by atoms with Crippen molar-refractivity contribution in [3.63, 3.8) is 0 Å². The van der Waals surface area contributed by atoms with Crippen LogP contribution in [0, 0.1) is 0 Å². The van der Waals surface area contributed by atoms with E-state index in [1.54, 1.807) is 0 Å². The van der Waals surface area contributed by atoms with Crippen LogP contribution in [-0.2, 0) is 6.42 Å². The topological polar surface area (TPSA) is 29.5 Å². The Bertz CT molecular complexity index is 358. The van der Waals surface area contributed by atoms with E-state index in [0.29, 0.717) is 0 Å². The summed E-state index contributed by atoms with van der Waals surface area (Å²) in [5.41, 5.74) is 1.28. The standard InChI is InChI=1S/C20H34O2/c1-3-5-7-8-9-17-22-20-15-12-18(13-16-20)11-14-19(21)10-6-4-2/h12-13,15-16,19,21H,3-11,14,17H2,1-2H3. The van der Waals surface area contributed by atoms with E-state index in [2.05, 4.69) is 38.1 Å². The number of hydrogen-bond donors (Lipinski definition) is 1. The first-order valence-corrected chi connectivity index (χ1v) is 9.16. The minimum atomic E-state index is -0.154. The molecule has 1 rings (SSSR count). The largest absolute Gasteiger partial charge is 0.494 e. The summed E-state index contributed by atoms with van der Waals surface area (Å²) < 4.78 is 5.77. The number of aryl methyl sites for hydroxylation is 1. The monoisotopic (exact) mass is 306 g/mol. The Balaban J connectivity index is 2.17. The molecule has 1 N–H and O–H groups in total. The molecule has 0 aliphatic heterocycles. The van der Waals surface area contributed by atoms with Gasteiger partial charge in [0, 0.05) is 0 Å². The van der Waals surface area contributed by atoms with E-state index in [0.717, 1.165) is 50.9 Å². The molecule has 0 spiro atoms. The molecular weight excluding hydrogens is 272 g/mol. The Kier molecular flexibility index (Phi) is 10.8. The number of aliphatic hydroxyl groups excluding tert-OH is 1. The lowest BCUT2D eigenvalue weighted by Crippen LogP contribution is -2.07. The van der Waals surface area contributed by atoms with Crippen molar-refractivity contribution < 1.29 is 9.84 Å². The van der Waals surface area contributed by atoms with Crippen molar-refractivity contribution in [2.24, 2.45) is 0 Å². The van der Waals surface area contributed by atoms with Gasteiger partial charge < -0.3 is 9.84 Å². The van der Waals surface area contributed by atoms with Crippen LogP contribution in [0.4, 0.5) is 0 Å². The quantitative estimate of drug-likeness (QED) is 0.486. The van der Waals surface area contributed by atoms with Gasteiger partial charge in [-0.3, -0.25) is 0 Å². The van der Waals surface area contributed by atoms with E-state index in [-0.39, 0.29) is 6.10 Å². The van der Waals surface area contributed by atoms with E-state index < -0.39 is 0 Å². The average molecular weight is 306 g/mol. The highest BCUT2D eigenvalue weighted by molar-refractivity contribution is 5.27. The summed E-state index contributed by atoms with van der Waals surface area (Å²) in [5, 5.41) is 9.88. The van der Waals surface area contributed by atoms with Gasteiger partial charge in [-0.1, -0.05) is 64.5 Å². The lowest BCUT2D eigenvalue weighted by Gasteiger charge is -2.10. The maximum atomic E-state index is 9.88. The van der Waals surface area contributed by atoms with E-state index in [1.807, 2.05) is 0 Å². The lowest BCUT2D eigenvalue weighted by molar-refractivity contribution is 0.152. The van der Waals surface area contributed by atoms with Crippen LogP contribution in [-0.4, -0.2) is 17.8 Å². The Hall–Kier alpha value is -1.02. The first kappa shape index (κ1) is 19.0. The van der Waals surface area contributed by atoms with Gasteiger partial charge in [0.1, 0.15) is 5.75 Å². The molecule has 0 aliphatic carbocycles. The Labute approximate surface area is 136 Å². The first-order chi connectivity index (χ1) is 10.8. The molecule has 2 nitrogen and oxygen atoms in total. The molecule has 0 bridgehead atoms. The van der Waals surface area contributed by atoms with Crippen molar-refractivity contribution in [2.75, 3.05) is 6.61 Å². The van der Waals surface area contributed by atoms with Gasteiger partial charge in [0.05, 0.1) is 12.7 Å². The van der Waals surface area contributed by atoms with E-state index in [1.165, 1.54) is 31.2 Å². The third kappa shape index (κ3) is 9.09. The van der Waals surface area contributed by atoms with Gasteiger partial charge in [-0.2, -0.15) is 0 Å². The third-order valence-corrected chi connectivity index (χ3v) is 4.10. The minimum Gasteiger partial charge on any atom is -0.494 e. The Morgan fingerprint density at radius 1 is 0.864 bits per heavy atom. The van der Waals surface area contributed by atoms with Crippen LogP contribution < -0.4 is 4.74 Å². The average Bonchev–Trinajstić information content (AvgIpc) is 2.55. The second-order valence-corrected chi connectivity index (χ2v) is 6.24. The molecule has 0 saturated heterocycles. The highest BCUT2D eigenvalue weighted by atomic mass is 16.5. The molecular formula is C20H34O2. The number of rotatable bonds is 13. The molecule has 0 saturated carbocycles. The van der Waals surface area contributed by atoms with Crippen LogP contribution in [0.2, 0.25) is 0 Å². The van der Waals surface area contributed by atoms with Crippen molar-refractivity contribution in [3.8, 4) is 5.75 Å². The SMILES string of the molecule is CCCCCCCOc1ccc(CCC(O)CCCC)cc1. The van der Waals surface area contributed by atoms with Gasteiger partial charge in [0.15, 0.2) is 0 Å². The zero-order chi connectivity index (χ0) is 16.0. The number of aliphatic hydroxyl groups is 1. The van der Waals surface area contributed by atoms with Gasteiger partial charge in [0.2, 0.25) is 0 Å². The fourth-order valence-electron chi connectivity index (χ4n) is 2.57. The van der Waals surface area contributed by atoms with E-state index >= 15 is 0 Å². The molecule has 0 heterocycles. The smallest absolute Gasteiger partial charge is 0.119 e. The highest BCUT2D eigenvalue weighted by Gasteiger charge is 2.04. The molecule has 0 aliphatic rings. The van der Waals surface area contributed by atoms with Crippen LogP contribution in [0.3, 0.4) is 0 Å². The van der Waals surface area contributed by atoms with Crippen LogP contribution in [0.1, 0.15) is 77.2 Å². The van der Waals surface area contributed by atoms with E-state index in [9.17, 15) is 5.11 Å². The van der Waals surface area contributed by atoms with Crippen LogP contribution in [0.5, 0.6) is 5.75 Å². The predicted molar refractivity (Wildman–Crippen MR) is 94.5 cm³/mol. The van der Waals surface area contributed by atoms with Gasteiger partial charge in [-0.05, 0) is 43.4 Å². The number of hydrogen-bond acceptors (Lipinski definition) is 2. The number of ether oxygens (including phenoxy) is 1. The molecule has 1 atom stereocenters. The summed E-state index contributed by atoms with van der Waals surface area (Å²) in [5.74, 6) is 0.964. The van der Waals surface area contributed by atoms with Crippen molar-refractivity contribution in [2.45, 2.75) is 84.2 Å². The molecule has 1 aromatic carbocycles. The fraction of sp³-hybridized carbons (Fsp3) is 0.700. The van der Waals surface area contributed by atoms with Gasteiger partial charge in [-0.25, -0.2) is 0 Å². The van der Waals surface area contributed by atoms with Crippen LogP contribution >= 0.6 is 0 Å². The molecule has 0 fully saturated rings. The normalized spacial score (nSPS) is 12.3. The molecule has 126 valence electrons. The zero-order valence-corrected chi connectivity index (χ0v) is 14.5. The van der Waals surface area contributed by atoms with Gasteiger partial charge in [-0.15, -0.1) is 0 Å². The molecule has 0 aromatic heterocycles. The fourth-order valence-corrected chi connectivity index (χ4v) is 2.57. The van der Waals surface area contributed by atoms with Crippen molar-refractivity contribution in [3.05, 3.63) is 29.8 Å². The van der Waals surface area contributed by atoms with E-state index in [4.69, 9.17) is 4.74 Å². The molecule has 0 amide bonds. The second-order valence-electron chi connectivity index (χ2n) is 6.24. The summed E-state index contributed by atoms with van der Waals surface area (Å²) in [7, 11) is 0. The summed E-state index contributed by atoms with van der Waals surface area (Å²) in [4.78, 5) is 0. The molecule has 22 heavy (non-hydrogen) atoms. The van der Waals surface area contributed by atoms with Gasteiger partial charge >= 0.3 is 0 Å². The summed E-state index contributed by atoms with van der Waals surface area (Å²) in [6.45, 7) is 5.22.